The number of hydrogen-bond donors (Lipinski definition) is 1. The van der Waals surface area contributed by atoms with Gasteiger partial charge in [0.2, 0.25) is 0 Å². The lowest BCUT2D eigenvalue weighted by molar-refractivity contribution is 0.0248. The van der Waals surface area contributed by atoms with Crippen LogP contribution in [-0.2, 0) is 0 Å². The predicted molar refractivity (Wildman–Crippen MR) is 80.6 cm³/mol. The molecule has 2 N–H and O–H groups in total. The summed E-state index contributed by atoms with van der Waals surface area (Å²) in [6.45, 7) is 17.7. The highest BCUT2D eigenvalue weighted by atomic mass is 15.1. The summed E-state index contributed by atoms with van der Waals surface area (Å²) in [5.41, 5.74) is 6.57. The van der Waals surface area contributed by atoms with Crippen LogP contribution in [0.25, 0.3) is 0 Å². The Hall–Kier alpha value is -0.340. The van der Waals surface area contributed by atoms with Gasteiger partial charge < -0.3 is 5.73 Å². The van der Waals surface area contributed by atoms with Gasteiger partial charge in [-0.2, -0.15) is 0 Å². The second kappa shape index (κ2) is 6.21. The quantitative estimate of drug-likeness (QED) is 0.761. The summed E-state index contributed by atoms with van der Waals surface area (Å²) >= 11 is 0. The van der Waals surface area contributed by atoms with E-state index >= 15 is 0 Å². The maximum Gasteiger partial charge on any atom is 0.0163 e. The Bertz CT molecular complexity index is 270. The van der Waals surface area contributed by atoms with Crippen molar-refractivity contribution >= 4 is 0 Å². The lowest BCUT2D eigenvalue weighted by Crippen LogP contribution is -2.50. The molecule has 0 bridgehead atoms. The Labute approximate surface area is 114 Å². The molecule has 106 valence electrons. The molecule has 1 aliphatic carbocycles. The first-order valence-corrected chi connectivity index (χ1v) is 7.41. The van der Waals surface area contributed by atoms with E-state index in [1.165, 1.54) is 19.4 Å². The molecule has 2 heteroatoms. The highest BCUT2D eigenvalue weighted by Crippen LogP contribution is 2.44. The molecule has 1 rings (SSSR count). The summed E-state index contributed by atoms with van der Waals surface area (Å²) in [7, 11) is 0. The fourth-order valence-electron chi connectivity index (χ4n) is 3.21. The summed E-state index contributed by atoms with van der Waals surface area (Å²) in [5, 5.41) is 0. The Morgan fingerprint density at radius 2 is 2.00 bits per heavy atom. The van der Waals surface area contributed by atoms with Gasteiger partial charge in [-0.25, -0.2) is 0 Å². The van der Waals surface area contributed by atoms with Gasteiger partial charge in [0.1, 0.15) is 0 Å². The summed E-state index contributed by atoms with van der Waals surface area (Å²) in [6, 6.07) is 0.966. The molecule has 0 spiro atoms. The van der Waals surface area contributed by atoms with Crippen molar-refractivity contribution in [3.05, 3.63) is 12.7 Å². The van der Waals surface area contributed by atoms with E-state index in [2.05, 4.69) is 46.1 Å². The van der Waals surface area contributed by atoms with E-state index in [-0.39, 0.29) is 0 Å². The molecule has 3 unspecified atom stereocenters. The van der Waals surface area contributed by atoms with Crippen molar-refractivity contribution in [2.24, 2.45) is 23.0 Å². The third-order valence-electron chi connectivity index (χ3n) is 5.27. The second-order valence-electron chi connectivity index (χ2n) is 6.88. The smallest absolute Gasteiger partial charge is 0.0163 e. The van der Waals surface area contributed by atoms with Crippen molar-refractivity contribution in [1.29, 1.82) is 0 Å². The zero-order valence-electron chi connectivity index (χ0n) is 12.9. The molecule has 1 aliphatic rings. The molecule has 0 aromatic heterocycles. The molecule has 0 amide bonds. The van der Waals surface area contributed by atoms with Crippen LogP contribution in [0.1, 0.15) is 47.5 Å². The van der Waals surface area contributed by atoms with E-state index in [1.54, 1.807) is 0 Å². The van der Waals surface area contributed by atoms with Crippen LogP contribution in [0, 0.1) is 17.3 Å². The first-order chi connectivity index (χ1) is 8.30. The first-order valence-electron chi connectivity index (χ1n) is 7.41. The van der Waals surface area contributed by atoms with Crippen LogP contribution in [0.15, 0.2) is 12.7 Å². The van der Waals surface area contributed by atoms with E-state index in [9.17, 15) is 0 Å². The summed E-state index contributed by atoms with van der Waals surface area (Å²) in [5.74, 6) is 1.35. The van der Waals surface area contributed by atoms with Crippen molar-refractivity contribution in [2.45, 2.75) is 59.5 Å². The van der Waals surface area contributed by atoms with Gasteiger partial charge in [0, 0.05) is 25.2 Å². The van der Waals surface area contributed by atoms with Crippen LogP contribution in [0.4, 0.5) is 0 Å². The summed E-state index contributed by atoms with van der Waals surface area (Å²) in [4.78, 5) is 2.53. The topological polar surface area (TPSA) is 29.3 Å². The molecule has 0 aromatic rings. The molecule has 0 radical (unpaired) electrons. The van der Waals surface area contributed by atoms with Gasteiger partial charge in [-0.1, -0.05) is 26.8 Å². The highest BCUT2D eigenvalue weighted by Gasteiger charge is 2.42. The van der Waals surface area contributed by atoms with Gasteiger partial charge in [-0.15, -0.1) is 6.58 Å². The standard InChI is InChI=1S/C16H32N2/c1-7-10-18(12(2)3)11-14-8-9-15(17)13(4)16(14,5)6/h7,12-15H,1,8-11,17H2,2-6H3. The Morgan fingerprint density at radius 3 is 2.50 bits per heavy atom. The van der Waals surface area contributed by atoms with E-state index in [1.807, 2.05) is 6.08 Å². The summed E-state index contributed by atoms with van der Waals surface area (Å²) < 4.78 is 0. The molecule has 1 fully saturated rings. The minimum absolute atomic E-state index is 0.339. The van der Waals surface area contributed by atoms with E-state index in [4.69, 9.17) is 5.73 Å². The fourth-order valence-corrected chi connectivity index (χ4v) is 3.21. The molecule has 0 aliphatic heterocycles. The highest BCUT2D eigenvalue weighted by molar-refractivity contribution is 4.95. The maximum absolute atomic E-state index is 6.24. The number of rotatable bonds is 5. The van der Waals surface area contributed by atoms with Crippen LogP contribution in [0.2, 0.25) is 0 Å². The molecule has 0 aromatic carbocycles. The van der Waals surface area contributed by atoms with Gasteiger partial charge in [0.15, 0.2) is 0 Å². The van der Waals surface area contributed by atoms with Crippen LogP contribution in [0.3, 0.4) is 0 Å². The number of nitrogens with two attached hydrogens (primary N) is 1. The molecule has 18 heavy (non-hydrogen) atoms. The van der Waals surface area contributed by atoms with Crippen LogP contribution >= 0.6 is 0 Å². The Balaban J connectivity index is 2.73. The van der Waals surface area contributed by atoms with Crippen molar-refractivity contribution in [1.82, 2.24) is 4.90 Å². The van der Waals surface area contributed by atoms with Gasteiger partial charge in [0.25, 0.3) is 0 Å². The zero-order chi connectivity index (χ0) is 13.9. The van der Waals surface area contributed by atoms with Crippen LogP contribution in [-0.4, -0.2) is 30.1 Å². The van der Waals surface area contributed by atoms with E-state index < -0.39 is 0 Å². The largest absolute Gasteiger partial charge is 0.327 e. The van der Waals surface area contributed by atoms with Crippen molar-refractivity contribution in [3.63, 3.8) is 0 Å². The zero-order valence-corrected chi connectivity index (χ0v) is 12.9. The predicted octanol–water partition coefficient (Wildman–Crippen LogP) is 3.28. The van der Waals surface area contributed by atoms with Crippen LogP contribution < -0.4 is 5.73 Å². The third-order valence-corrected chi connectivity index (χ3v) is 5.27. The number of hydrogen-bond acceptors (Lipinski definition) is 2. The lowest BCUT2D eigenvalue weighted by Gasteiger charge is -2.48. The SMILES string of the molecule is C=CCN(CC1CCC(N)C(C)C1(C)C)C(C)C. The summed E-state index contributed by atoms with van der Waals surface area (Å²) in [6.07, 6.45) is 4.46. The second-order valence-corrected chi connectivity index (χ2v) is 6.88. The minimum Gasteiger partial charge on any atom is -0.327 e. The minimum atomic E-state index is 0.339. The normalized spacial score (nSPS) is 31.9. The average molecular weight is 252 g/mol. The Kier molecular flexibility index (Phi) is 5.42. The average Bonchev–Trinajstić information content (AvgIpc) is 2.29. The number of nitrogens with zero attached hydrogens (tertiary/aromatic N) is 1. The molecule has 1 saturated carbocycles. The molecule has 3 atom stereocenters. The van der Waals surface area contributed by atoms with Crippen molar-refractivity contribution in [2.75, 3.05) is 13.1 Å². The van der Waals surface area contributed by atoms with E-state index in [0.29, 0.717) is 23.4 Å². The fraction of sp³-hybridized carbons (Fsp3) is 0.875. The Morgan fingerprint density at radius 1 is 1.39 bits per heavy atom. The van der Waals surface area contributed by atoms with Crippen molar-refractivity contribution in [3.8, 4) is 0 Å². The van der Waals surface area contributed by atoms with Gasteiger partial charge in [-0.3, -0.25) is 4.90 Å². The maximum atomic E-state index is 6.24. The molecular formula is C16H32N2. The van der Waals surface area contributed by atoms with Crippen LogP contribution in [0.5, 0.6) is 0 Å². The van der Waals surface area contributed by atoms with Gasteiger partial charge >= 0.3 is 0 Å². The lowest BCUT2D eigenvalue weighted by atomic mass is 9.61. The molecule has 0 heterocycles. The van der Waals surface area contributed by atoms with Gasteiger partial charge in [-0.05, 0) is 43.9 Å². The molecule has 0 saturated heterocycles. The van der Waals surface area contributed by atoms with Gasteiger partial charge in [0.05, 0.1) is 0 Å². The molecular weight excluding hydrogens is 220 g/mol. The third kappa shape index (κ3) is 3.36. The molecule has 2 nitrogen and oxygen atoms in total. The first kappa shape index (κ1) is 15.7. The van der Waals surface area contributed by atoms with E-state index in [0.717, 1.165) is 12.5 Å². The monoisotopic (exact) mass is 252 g/mol. The van der Waals surface area contributed by atoms with Crippen molar-refractivity contribution < 1.29 is 0 Å².